The number of hydrogen-bond donors (Lipinski definition) is 2. The highest BCUT2D eigenvalue weighted by Crippen LogP contribution is 2.38. The van der Waals surface area contributed by atoms with Crippen LogP contribution in [0.4, 0.5) is 0 Å². The van der Waals surface area contributed by atoms with E-state index in [-0.39, 0.29) is 0 Å². The Bertz CT molecular complexity index is 136. The molecule has 0 aromatic heterocycles. The Balaban J connectivity index is 2.04. The lowest BCUT2D eigenvalue weighted by atomic mass is 9.69. The summed E-state index contributed by atoms with van der Waals surface area (Å²) >= 11 is 0. The van der Waals surface area contributed by atoms with E-state index in [1.54, 1.807) is 0 Å². The van der Waals surface area contributed by atoms with Gasteiger partial charge < -0.3 is 16.0 Å². The highest BCUT2D eigenvalue weighted by molar-refractivity contribution is 4.90. The fraction of sp³-hybridized carbons (Fsp3) is 1.00. The molecule has 3 nitrogen and oxygen atoms in total. The standard InChI is InChI=1S/C10H23N3/c1-13(2)7-6-12-9-10(8-11)4-3-5-10/h12H,3-9,11H2,1-2H3. The van der Waals surface area contributed by atoms with Gasteiger partial charge in [-0.1, -0.05) is 6.42 Å². The zero-order valence-corrected chi connectivity index (χ0v) is 8.97. The molecule has 1 aliphatic carbocycles. The highest BCUT2D eigenvalue weighted by Gasteiger charge is 2.34. The van der Waals surface area contributed by atoms with E-state index in [0.717, 1.165) is 26.2 Å². The first kappa shape index (κ1) is 11.0. The predicted molar refractivity (Wildman–Crippen MR) is 56.8 cm³/mol. The molecular formula is C10H23N3. The van der Waals surface area contributed by atoms with Crippen molar-refractivity contribution in [1.82, 2.24) is 10.2 Å². The van der Waals surface area contributed by atoms with Gasteiger partial charge in [0.15, 0.2) is 0 Å². The molecule has 0 heterocycles. The second-order valence-electron chi connectivity index (χ2n) is 4.54. The first-order valence-electron chi connectivity index (χ1n) is 5.24. The van der Waals surface area contributed by atoms with Gasteiger partial charge >= 0.3 is 0 Å². The van der Waals surface area contributed by atoms with Crippen LogP contribution >= 0.6 is 0 Å². The average molecular weight is 185 g/mol. The van der Waals surface area contributed by atoms with Gasteiger partial charge in [-0.2, -0.15) is 0 Å². The summed E-state index contributed by atoms with van der Waals surface area (Å²) < 4.78 is 0. The molecule has 0 aliphatic heterocycles. The predicted octanol–water partition coefficient (Wildman–Crippen LogP) is 0.267. The summed E-state index contributed by atoms with van der Waals surface area (Å²) in [7, 11) is 4.20. The van der Waals surface area contributed by atoms with E-state index in [9.17, 15) is 0 Å². The molecule has 0 aromatic rings. The third kappa shape index (κ3) is 3.25. The number of likely N-dealkylation sites (N-methyl/N-ethyl adjacent to an activating group) is 1. The van der Waals surface area contributed by atoms with Crippen LogP contribution in [0.5, 0.6) is 0 Å². The molecule has 1 fully saturated rings. The monoisotopic (exact) mass is 185 g/mol. The maximum atomic E-state index is 5.76. The van der Waals surface area contributed by atoms with E-state index >= 15 is 0 Å². The van der Waals surface area contributed by atoms with Gasteiger partial charge in [-0.25, -0.2) is 0 Å². The van der Waals surface area contributed by atoms with Crippen LogP contribution in [0.15, 0.2) is 0 Å². The van der Waals surface area contributed by atoms with Gasteiger partial charge in [0, 0.05) is 19.6 Å². The van der Waals surface area contributed by atoms with E-state index in [1.807, 2.05) is 0 Å². The van der Waals surface area contributed by atoms with Crippen molar-refractivity contribution in [1.29, 1.82) is 0 Å². The summed E-state index contributed by atoms with van der Waals surface area (Å²) in [5, 5.41) is 3.49. The Labute approximate surface area is 81.7 Å². The molecule has 0 radical (unpaired) electrons. The molecule has 0 amide bonds. The molecule has 0 saturated heterocycles. The van der Waals surface area contributed by atoms with Crippen LogP contribution in [-0.2, 0) is 0 Å². The third-order valence-corrected chi connectivity index (χ3v) is 3.08. The van der Waals surface area contributed by atoms with Crippen LogP contribution in [0.1, 0.15) is 19.3 Å². The van der Waals surface area contributed by atoms with E-state index in [2.05, 4.69) is 24.3 Å². The maximum absolute atomic E-state index is 5.76. The summed E-state index contributed by atoms with van der Waals surface area (Å²) in [5.41, 5.74) is 6.21. The first-order valence-corrected chi connectivity index (χ1v) is 5.24. The van der Waals surface area contributed by atoms with Crippen LogP contribution in [0.2, 0.25) is 0 Å². The van der Waals surface area contributed by atoms with Crippen LogP contribution in [0, 0.1) is 5.41 Å². The van der Waals surface area contributed by atoms with Crippen molar-refractivity contribution in [2.24, 2.45) is 11.1 Å². The van der Waals surface area contributed by atoms with Crippen molar-refractivity contribution >= 4 is 0 Å². The van der Waals surface area contributed by atoms with Crippen molar-refractivity contribution in [3.63, 3.8) is 0 Å². The number of nitrogens with zero attached hydrogens (tertiary/aromatic N) is 1. The number of nitrogens with one attached hydrogen (secondary N) is 1. The molecule has 1 aliphatic rings. The Morgan fingerprint density at radius 1 is 1.38 bits per heavy atom. The zero-order chi connectivity index (χ0) is 9.73. The summed E-state index contributed by atoms with van der Waals surface area (Å²) in [4.78, 5) is 2.20. The zero-order valence-electron chi connectivity index (χ0n) is 8.97. The fourth-order valence-corrected chi connectivity index (χ4v) is 1.79. The van der Waals surface area contributed by atoms with Gasteiger partial charge in [-0.3, -0.25) is 0 Å². The molecule has 1 saturated carbocycles. The number of nitrogens with two attached hydrogens (primary N) is 1. The van der Waals surface area contributed by atoms with Gasteiger partial charge in [0.25, 0.3) is 0 Å². The molecule has 13 heavy (non-hydrogen) atoms. The summed E-state index contributed by atoms with van der Waals surface area (Å²) in [6.07, 6.45) is 4.00. The molecule has 0 bridgehead atoms. The smallest absolute Gasteiger partial charge is 0.0101 e. The number of hydrogen-bond acceptors (Lipinski definition) is 3. The van der Waals surface area contributed by atoms with Crippen molar-refractivity contribution in [2.75, 3.05) is 40.3 Å². The van der Waals surface area contributed by atoms with Gasteiger partial charge in [-0.05, 0) is 38.9 Å². The summed E-state index contributed by atoms with van der Waals surface area (Å²) in [6.45, 7) is 4.15. The molecule has 0 unspecified atom stereocenters. The molecular weight excluding hydrogens is 162 g/mol. The molecule has 0 atom stereocenters. The lowest BCUT2D eigenvalue weighted by Gasteiger charge is -2.41. The lowest BCUT2D eigenvalue weighted by molar-refractivity contribution is 0.140. The second-order valence-corrected chi connectivity index (χ2v) is 4.54. The van der Waals surface area contributed by atoms with E-state index < -0.39 is 0 Å². The molecule has 3 N–H and O–H groups in total. The normalized spacial score (nSPS) is 20.3. The minimum Gasteiger partial charge on any atom is -0.330 e. The Morgan fingerprint density at radius 2 is 2.08 bits per heavy atom. The number of rotatable bonds is 6. The Morgan fingerprint density at radius 3 is 2.46 bits per heavy atom. The van der Waals surface area contributed by atoms with Crippen molar-refractivity contribution in [3.05, 3.63) is 0 Å². The maximum Gasteiger partial charge on any atom is 0.0101 e. The van der Waals surface area contributed by atoms with Crippen LogP contribution < -0.4 is 11.1 Å². The first-order chi connectivity index (χ1) is 6.18. The summed E-state index contributed by atoms with van der Waals surface area (Å²) in [6, 6.07) is 0. The van der Waals surface area contributed by atoms with Gasteiger partial charge in [0.05, 0.1) is 0 Å². The molecule has 3 heteroatoms. The Kier molecular flexibility index (Phi) is 4.16. The lowest BCUT2D eigenvalue weighted by Crippen LogP contribution is -2.46. The third-order valence-electron chi connectivity index (χ3n) is 3.08. The minimum atomic E-state index is 0.451. The second kappa shape index (κ2) is 4.94. The Hall–Kier alpha value is -0.120. The van der Waals surface area contributed by atoms with Crippen LogP contribution in [0.25, 0.3) is 0 Å². The van der Waals surface area contributed by atoms with E-state index in [1.165, 1.54) is 19.3 Å². The molecule has 0 aromatic carbocycles. The molecule has 78 valence electrons. The SMILES string of the molecule is CN(C)CCNCC1(CN)CCC1. The molecule has 0 spiro atoms. The topological polar surface area (TPSA) is 41.3 Å². The van der Waals surface area contributed by atoms with Crippen molar-refractivity contribution in [3.8, 4) is 0 Å². The van der Waals surface area contributed by atoms with E-state index in [4.69, 9.17) is 5.73 Å². The van der Waals surface area contributed by atoms with Gasteiger partial charge in [0.1, 0.15) is 0 Å². The fourth-order valence-electron chi connectivity index (χ4n) is 1.79. The van der Waals surface area contributed by atoms with Crippen LogP contribution in [-0.4, -0.2) is 45.2 Å². The quantitative estimate of drug-likeness (QED) is 0.584. The van der Waals surface area contributed by atoms with E-state index in [0.29, 0.717) is 5.41 Å². The largest absolute Gasteiger partial charge is 0.330 e. The molecule has 1 rings (SSSR count). The van der Waals surface area contributed by atoms with Crippen LogP contribution in [0.3, 0.4) is 0 Å². The van der Waals surface area contributed by atoms with Gasteiger partial charge in [0.2, 0.25) is 0 Å². The van der Waals surface area contributed by atoms with Gasteiger partial charge in [-0.15, -0.1) is 0 Å². The highest BCUT2D eigenvalue weighted by atomic mass is 15.1. The summed E-state index contributed by atoms with van der Waals surface area (Å²) in [5.74, 6) is 0. The van der Waals surface area contributed by atoms with Crippen molar-refractivity contribution < 1.29 is 0 Å². The van der Waals surface area contributed by atoms with Crippen molar-refractivity contribution in [2.45, 2.75) is 19.3 Å². The minimum absolute atomic E-state index is 0.451. The average Bonchev–Trinajstić information content (AvgIpc) is 2.01.